The molecule has 20 heavy (non-hydrogen) atoms. The third-order valence-corrected chi connectivity index (χ3v) is 4.14. The molecule has 3 aromatic rings. The number of thiophene rings is 1. The van der Waals surface area contributed by atoms with Crippen molar-refractivity contribution in [2.45, 2.75) is 6.54 Å². The molecule has 0 atom stereocenters. The molecule has 0 amide bonds. The van der Waals surface area contributed by atoms with Gasteiger partial charge in [-0.05, 0) is 40.6 Å². The highest BCUT2D eigenvalue weighted by molar-refractivity contribution is 7.17. The molecule has 1 N–H and O–H groups in total. The van der Waals surface area contributed by atoms with Gasteiger partial charge in [0.25, 0.3) is 0 Å². The minimum absolute atomic E-state index is 0.324. The van der Waals surface area contributed by atoms with Gasteiger partial charge in [-0.25, -0.2) is 4.39 Å². The van der Waals surface area contributed by atoms with E-state index in [4.69, 9.17) is 5.26 Å². The maximum atomic E-state index is 13.1. The van der Waals surface area contributed by atoms with Gasteiger partial charge in [-0.2, -0.15) is 5.26 Å². The third kappa shape index (κ3) is 2.36. The monoisotopic (exact) mass is 282 g/mol. The maximum Gasteiger partial charge on any atom is 0.124 e. The van der Waals surface area contributed by atoms with Crippen molar-refractivity contribution >= 4 is 27.1 Å². The number of nitrogens with zero attached hydrogens (tertiary/aromatic N) is 1. The smallest absolute Gasteiger partial charge is 0.124 e. The number of fused-ring (bicyclic) bond motifs is 1. The summed E-state index contributed by atoms with van der Waals surface area (Å²) in [5.41, 5.74) is 2.16. The van der Waals surface area contributed by atoms with Crippen LogP contribution in [0.15, 0.2) is 47.8 Å². The van der Waals surface area contributed by atoms with Gasteiger partial charge in [0.1, 0.15) is 11.9 Å². The number of hydrogen-bond donors (Lipinski definition) is 1. The number of nitriles is 1. The zero-order valence-electron chi connectivity index (χ0n) is 10.6. The van der Waals surface area contributed by atoms with Crippen LogP contribution < -0.4 is 5.32 Å². The summed E-state index contributed by atoms with van der Waals surface area (Å²) in [4.78, 5) is 0. The standard InChI is InChI=1S/C16H11FN2S/c17-13-5-6-15(11(7-13)8-18)19-9-12-10-20-16-4-2-1-3-14(12)16/h1-7,10,19H,9H2. The fourth-order valence-corrected chi connectivity index (χ4v) is 3.09. The van der Waals surface area contributed by atoms with Gasteiger partial charge >= 0.3 is 0 Å². The van der Waals surface area contributed by atoms with E-state index in [1.54, 1.807) is 17.4 Å². The van der Waals surface area contributed by atoms with Crippen LogP contribution in [0, 0.1) is 17.1 Å². The summed E-state index contributed by atoms with van der Waals surface area (Å²) >= 11 is 1.70. The first-order valence-corrected chi connectivity index (χ1v) is 7.04. The fraction of sp³-hybridized carbons (Fsp3) is 0.0625. The number of anilines is 1. The van der Waals surface area contributed by atoms with Crippen LogP contribution in [0.25, 0.3) is 10.1 Å². The maximum absolute atomic E-state index is 13.1. The second-order valence-corrected chi connectivity index (χ2v) is 5.32. The van der Waals surface area contributed by atoms with Crippen molar-refractivity contribution in [3.05, 3.63) is 64.8 Å². The number of rotatable bonds is 3. The van der Waals surface area contributed by atoms with Crippen LogP contribution in [0.4, 0.5) is 10.1 Å². The predicted octanol–water partition coefficient (Wildman–Crippen LogP) is 4.52. The van der Waals surface area contributed by atoms with Crippen LogP contribution in [0.5, 0.6) is 0 Å². The summed E-state index contributed by atoms with van der Waals surface area (Å²) in [5, 5.41) is 15.5. The Kier molecular flexibility index (Phi) is 3.36. The molecule has 0 bridgehead atoms. The molecule has 1 aromatic heterocycles. The van der Waals surface area contributed by atoms with Crippen LogP contribution >= 0.6 is 11.3 Å². The number of halogens is 1. The molecule has 2 aromatic carbocycles. The van der Waals surface area contributed by atoms with Crippen molar-refractivity contribution in [2.75, 3.05) is 5.32 Å². The van der Waals surface area contributed by atoms with E-state index in [2.05, 4.69) is 22.8 Å². The first-order chi connectivity index (χ1) is 9.78. The van der Waals surface area contributed by atoms with Crippen LogP contribution in [-0.2, 0) is 6.54 Å². The Morgan fingerprint density at radius 2 is 2.05 bits per heavy atom. The molecule has 0 unspecified atom stereocenters. The quantitative estimate of drug-likeness (QED) is 0.766. The van der Waals surface area contributed by atoms with E-state index >= 15 is 0 Å². The Labute approximate surface area is 120 Å². The molecule has 0 aliphatic rings. The van der Waals surface area contributed by atoms with Crippen LogP contribution in [-0.4, -0.2) is 0 Å². The van der Waals surface area contributed by atoms with Gasteiger partial charge in [-0.15, -0.1) is 11.3 Å². The zero-order valence-corrected chi connectivity index (χ0v) is 11.4. The molecule has 0 saturated heterocycles. The topological polar surface area (TPSA) is 35.8 Å². The molecule has 4 heteroatoms. The molecule has 0 fully saturated rings. The molecule has 98 valence electrons. The summed E-state index contributed by atoms with van der Waals surface area (Å²) < 4.78 is 14.3. The summed E-state index contributed by atoms with van der Waals surface area (Å²) in [6.07, 6.45) is 0. The molecule has 0 aliphatic heterocycles. The summed E-state index contributed by atoms with van der Waals surface area (Å²) in [5.74, 6) is -0.395. The van der Waals surface area contributed by atoms with Crippen molar-refractivity contribution in [2.24, 2.45) is 0 Å². The summed E-state index contributed by atoms with van der Waals surface area (Å²) in [6.45, 7) is 0.615. The van der Waals surface area contributed by atoms with E-state index in [1.807, 2.05) is 18.2 Å². The second-order valence-electron chi connectivity index (χ2n) is 4.41. The van der Waals surface area contributed by atoms with Gasteiger partial charge in [0.15, 0.2) is 0 Å². The molecule has 2 nitrogen and oxygen atoms in total. The molecule has 0 spiro atoms. The Balaban J connectivity index is 1.85. The molecular formula is C16H11FN2S. The Hall–Kier alpha value is -2.38. The molecular weight excluding hydrogens is 271 g/mol. The Morgan fingerprint density at radius 1 is 1.20 bits per heavy atom. The van der Waals surface area contributed by atoms with Gasteiger partial charge in [0.2, 0.25) is 0 Å². The van der Waals surface area contributed by atoms with Gasteiger partial charge in [-0.3, -0.25) is 0 Å². The van der Waals surface area contributed by atoms with Crippen molar-refractivity contribution in [1.82, 2.24) is 0 Å². The number of nitrogens with one attached hydrogen (secondary N) is 1. The lowest BCUT2D eigenvalue weighted by atomic mass is 10.1. The van der Waals surface area contributed by atoms with E-state index in [0.29, 0.717) is 17.8 Å². The normalized spacial score (nSPS) is 10.4. The molecule has 3 rings (SSSR count). The van der Waals surface area contributed by atoms with Crippen LogP contribution in [0.1, 0.15) is 11.1 Å². The van der Waals surface area contributed by atoms with E-state index in [9.17, 15) is 4.39 Å². The summed E-state index contributed by atoms with van der Waals surface area (Å²) in [7, 11) is 0. The number of hydrogen-bond acceptors (Lipinski definition) is 3. The van der Waals surface area contributed by atoms with Crippen molar-refractivity contribution in [1.29, 1.82) is 5.26 Å². The highest BCUT2D eigenvalue weighted by Crippen LogP contribution is 2.26. The Morgan fingerprint density at radius 3 is 2.90 bits per heavy atom. The molecule has 0 saturated carbocycles. The zero-order chi connectivity index (χ0) is 13.9. The predicted molar refractivity (Wildman–Crippen MR) is 80.3 cm³/mol. The summed E-state index contributed by atoms with van der Waals surface area (Å²) in [6, 6.07) is 14.4. The highest BCUT2D eigenvalue weighted by atomic mass is 32.1. The van der Waals surface area contributed by atoms with Gasteiger partial charge < -0.3 is 5.32 Å². The van der Waals surface area contributed by atoms with E-state index < -0.39 is 5.82 Å². The van der Waals surface area contributed by atoms with Crippen LogP contribution in [0.3, 0.4) is 0 Å². The molecule has 0 radical (unpaired) electrons. The van der Waals surface area contributed by atoms with Crippen molar-refractivity contribution < 1.29 is 4.39 Å². The highest BCUT2D eigenvalue weighted by Gasteiger charge is 2.06. The van der Waals surface area contributed by atoms with E-state index in [-0.39, 0.29) is 0 Å². The van der Waals surface area contributed by atoms with Crippen molar-refractivity contribution in [3.63, 3.8) is 0 Å². The Bertz CT molecular complexity index is 802. The van der Waals surface area contributed by atoms with Gasteiger partial charge in [-0.1, -0.05) is 18.2 Å². The lowest BCUT2D eigenvalue weighted by molar-refractivity contribution is 0.627. The minimum atomic E-state index is -0.395. The first kappa shape index (κ1) is 12.6. The van der Waals surface area contributed by atoms with Crippen LogP contribution in [0.2, 0.25) is 0 Å². The SMILES string of the molecule is N#Cc1cc(F)ccc1NCc1csc2ccccc12. The lowest BCUT2D eigenvalue weighted by Gasteiger charge is -2.07. The second kappa shape index (κ2) is 5.32. The average Bonchev–Trinajstić information content (AvgIpc) is 2.89. The van der Waals surface area contributed by atoms with Gasteiger partial charge in [0, 0.05) is 11.2 Å². The van der Waals surface area contributed by atoms with Crippen molar-refractivity contribution in [3.8, 4) is 6.07 Å². The molecule has 1 heterocycles. The van der Waals surface area contributed by atoms with E-state index in [0.717, 1.165) is 0 Å². The fourth-order valence-electron chi connectivity index (χ4n) is 2.12. The first-order valence-electron chi connectivity index (χ1n) is 6.16. The average molecular weight is 282 g/mol. The lowest BCUT2D eigenvalue weighted by Crippen LogP contribution is -2.01. The third-order valence-electron chi connectivity index (χ3n) is 3.13. The van der Waals surface area contributed by atoms with E-state index in [1.165, 1.54) is 27.8 Å². The number of benzene rings is 2. The largest absolute Gasteiger partial charge is 0.380 e. The minimum Gasteiger partial charge on any atom is -0.380 e. The molecule has 0 aliphatic carbocycles. The van der Waals surface area contributed by atoms with Gasteiger partial charge in [0.05, 0.1) is 11.3 Å².